The van der Waals surface area contributed by atoms with Gasteiger partial charge in [0.15, 0.2) is 0 Å². The molecule has 1 unspecified atom stereocenters. The number of hydrogen-bond acceptors (Lipinski definition) is 0. The van der Waals surface area contributed by atoms with E-state index in [1.807, 2.05) is 12.1 Å². The minimum atomic E-state index is 0.316. The van der Waals surface area contributed by atoms with Gasteiger partial charge in [-0.25, -0.2) is 0 Å². The first-order valence-corrected chi connectivity index (χ1v) is 7.79. The van der Waals surface area contributed by atoms with Gasteiger partial charge in [-0.3, -0.25) is 0 Å². The molecule has 94 valence electrons. The van der Waals surface area contributed by atoms with Crippen LogP contribution in [0.1, 0.15) is 21.5 Å². The summed E-state index contributed by atoms with van der Waals surface area (Å²) in [7, 11) is 0. The van der Waals surface area contributed by atoms with E-state index >= 15 is 0 Å². The number of rotatable bonds is 3. The molecule has 2 aromatic rings. The van der Waals surface area contributed by atoms with Crippen molar-refractivity contribution < 1.29 is 0 Å². The molecule has 0 aliphatic rings. The van der Waals surface area contributed by atoms with E-state index in [0.29, 0.717) is 4.83 Å². The normalized spacial score (nSPS) is 12.4. The van der Waals surface area contributed by atoms with Crippen LogP contribution < -0.4 is 0 Å². The summed E-state index contributed by atoms with van der Waals surface area (Å²) in [6.45, 7) is 2.09. The maximum Gasteiger partial charge on any atom is 0.0438 e. The Morgan fingerprint density at radius 2 is 1.78 bits per heavy atom. The van der Waals surface area contributed by atoms with Crippen molar-refractivity contribution in [3.8, 4) is 0 Å². The summed E-state index contributed by atoms with van der Waals surface area (Å²) in [5.41, 5.74) is 3.83. The lowest BCUT2D eigenvalue weighted by Crippen LogP contribution is -1.97. The van der Waals surface area contributed by atoms with Crippen LogP contribution >= 0.6 is 43.5 Å². The van der Waals surface area contributed by atoms with E-state index < -0.39 is 0 Å². The second kappa shape index (κ2) is 6.23. The molecule has 0 saturated carbocycles. The lowest BCUT2D eigenvalue weighted by molar-refractivity contribution is 0.938. The Labute approximate surface area is 130 Å². The molecule has 0 spiro atoms. The van der Waals surface area contributed by atoms with E-state index in [2.05, 4.69) is 69.1 Å². The Hall–Kier alpha value is -0.310. The molecule has 0 bridgehead atoms. The Bertz CT molecular complexity index is 535. The second-order valence-corrected chi connectivity index (χ2v) is 6.76. The smallest absolute Gasteiger partial charge is 0.0438 e. The van der Waals surface area contributed by atoms with Gasteiger partial charge in [-0.05, 0) is 54.3 Å². The molecule has 2 aromatic carbocycles. The third-order valence-electron chi connectivity index (χ3n) is 2.90. The molecule has 0 aliphatic heterocycles. The van der Waals surface area contributed by atoms with Crippen LogP contribution in [0.25, 0.3) is 0 Å². The van der Waals surface area contributed by atoms with Crippen LogP contribution in [0.15, 0.2) is 46.9 Å². The molecular formula is C15H13Br2Cl. The summed E-state index contributed by atoms with van der Waals surface area (Å²) >= 11 is 13.2. The molecule has 0 aromatic heterocycles. The Morgan fingerprint density at radius 3 is 2.39 bits per heavy atom. The fraction of sp³-hybridized carbons (Fsp3) is 0.200. The first-order chi connectivity index (χ1) is 8.56. The highest BCUT2D eigenvalue weighted by Gasteiger charge is 2.11. The molecule has 0 nitrogen and oxygen atoms in total. The van der Waals surface area contributed by atoms with E-state index in [0.717, 1.165) is 15.9 Å². The van der Waals surface area contributed by atoms with Crippen molar-refractivity contribution >= 4 is 43.5 Å². The lowest BCUT2D eigenvalue weighted by Gasteiger charge is -2.13. The number of halogens is 3. The van der Waals surface area contributed by atoms with Gasteiger partial charge >= 0.3 is 0 Å². The first kappa shape index (κ1) is 14.1. The summed E-state index contributed by atoms with van der Waals surface area (Å²) < 4.78 is 1.11. The highest BCUT2D eigenvalue weighted by atomic mass is 79.9. The van der Waals surface area contributed by atoms with E-state index in [-0.39, 0.29) is 0 Å². The van der Waals surface area contributed by atoms with E-state index in [4.69, 9.17) is 11.6 Å². The van der Waals surface area contributed by atoms with Crippen LogP contribution in [-0.2, 0) is 6.42 Å². The molecule has 18 heavy (non-hydrogen) atoms. The molecule has 2 rings (SSSR count). The van der Waals surface area contributed by atoms with Crippen LogP contribution in [0.3, 0.4) is 0 Å². The molecule has 0 saturated heterocycles. The molecule has 0 fully saturated rings. The predicted molar refractivity (Wildman–Crippen MR) is 85.7 cm³/mol. The van der Waals surface area contributed by atoms with Crippen molar-refractivity contribution in [3.63, 3.8) is 0 Å². The molecule has 0 heterocycles. The fourth-order valence-corrected chi connectivity index (χ4v) is 3.31. The van der Waals surface area contributed by atoms with Gasteiger partial charge in [0, 0.05) is 14.3 Å². The van der Waals surface area contributed by atoms with Crippen molar-refractivity contribution in [2.75, 3.05) is 0 Å². The topological polar surface area (TPSA) is 0 Å². The van der Waals surface area contributed by atoms with Gasteiger partial charge < -0.3 is 0 Å². The van der Waals surface area contributed by atoms with E-state index in [1.54, 1.807) is 0 Å². The summed E-state index contributed by atoms with van der Waals surface area (Å²) in [6, 6.07) is 14.5. The standard InChI is InChI=1S/C15H13Br2Cl/c1-10-8-13(18)6-7-14(10)15(17)9-11-2-4-12(16)5-3-11/h2-8,15H,9H2,1H3. The Morgan fingerprint density at radius 1 is 1.11 bits per heavy atom. The summed E-state index contributed by atoms with van der Waals surface area (Å²) in [5.74, 6) is 0. The predicted octanol–water partition coefficient (Wildman–Crippen LogP) is 6.09. The average molecular weight is 389 g/mol. The number of alkyl halides is 1. The molecule has 0 N–H and O–H groups in total. The largest absolute Gasteiger partial charge is 0.0843 e. The van der Waals surface area contributed by atoms with Gasteiger partial charge in [0.05, 0.1) is 0 Å². The molecule has 0 aliphatic carbocycles. The zero-order valence-corrected chi connectivity index (χ0v) is 13.9. The molecular weight excluding hydrogens is 375 g/mol. The number of hydrogen-bond donors (Lipinski definition) is 0. The first-order valence-electron chi connectivity index (χ1n) is 5.71. The van der Waals surface area contributed by atoms with Crippen molar-refractivity contribution in [2.45, 2.75) is 18.2 Å². The molecule has 0 amide bonds. The maximum absolute atomic E-state index is 5.98. The summed E-state index contributed by atoms with van der Waals surface area (Å²) in [4.78, 5) is 0.316. The zero-order chi connectivity index (χ0) is 13.1. The Balaban J connectivity index is 2.16. The lowest BCUT2D eigenvalue weighted by atomic mass is 10.0. The van der Waals surface area contributed by atoms with Gasteiger partial charge in [-0.15, -0.1) is 0 Å². The minimum Gasteiger partial charge on any atom is -0.0843 e. The minimum absolute atomic E-state index is 0.316. The van der Waals surface area contributed by atoms with Crippen molar-refractivity contribution in [3.05, 3.63) is 68.7 Å². The fourth-order valence-electron chi connectivity index (χ4n) is 1.93. The van der Waals surface area contributed by atoms with Crippen molar-refractivity contribution in [2.24, 2.45) is 0 Å². The molecule has 1 atom stereocenters. The van der Waals surface area contributed by atoms with Crippen molar-refractivity contribution in [1.29, 1.82) is 0 Å². The van der Waals surface area contributed by atoms with Crippen LogP contribution in [0.5, 0.6) is 0 Å². The average Bonchev–Trinajstić information content (AvgIpc) is 2.32. The van der Waals surface area contributed by atoms with Crippen LogP contribution in [0.2, 0.25) is 5.02 Å². The third-order valence-corrected chi connectivity index (χ3v) is 4.48. The van der Waals surface area contributed by atoms with Gasteiger partial charge in [0.2, 0.25) is 0 Å². The van der Waals surface area contributed by atoms with E-state index in [1.165, 1.54) is 16.7 Å². The molecule has 3 heteroatoms. The number of aryl methyl sites for hydroxylation is 1. The Kier molecular flexibility index (Phi) is 4.88. The van der Waals surface area contributed by atoms with E-state index in [9.17, 15) is 0 Å². The maximum atomic E-state index is 5.98. The zero-order valence-electron chi connectivity index (χ0n) is 9.96. The monoisotopic (exact) mass is 386 g/mol. The highest BCUT2D eigenvalue weighted by molar-refractivity contribution is 9.10. The van der Waals surface area contributed by atoms with Gasteiger partial charge in [0.25, 0.3) is 0 Å². The SMILES string of the molecule is Cc1cc(Cl)ccc1C(Br)Cc1ccc(Br)cc1. The highest BCUT2D eigenvalue weighted by Crippen LogP contribution is 2.31. The van der Waals surface area contributed by atoms with Gasteiger partial charge in [-0.1, -0.05) is 61.7 Å². The molecule has 0 radical (unpaired) electrons. The third kappa shape index (κ3) is 3.59. The second-order valence-electron chi connectivity index (χ2n) is 4.30. The van der Waals surface area contributed by atoms with Crippen LogP contribution in [0, 0.1) is 6.92 Å². The summed E-state index contributed by atoms with van der Waals surface area (Å²) in [5, 5.41) is 0.791. The number of benzene rings is 2. The van der Waals surface area contributed by atoms with Crippen LogP contribution in [-0.4, -0.2) is 0 Å². The summed E-state index contributed by atoms with van der Waals surface area (Å²) in [6.07, 6.45) is 0.968. The van der Waals surface area contributed by atoms with Crippen LogP contribution in [0.4, 0.5) is 0 Å². The van der Waals surface area contributed by atoms with Gasteiger partial charge in [0.1, 0.15) is 0 Å². The van der Waals surface area contributed by atoms with Gasteiger partial charge in [-0.2, -0.15) is 0 Å². The van der Waals surface area contributed by atoms with Crippen molar-refractivity contribution in [1.82, 2.24) is 0 Å². The quantitative estimate of drug-likeness (QED) is 0.558.